The number of nitrogens with one attached hydrogen (secondary N) is 2. The summed E-state index contributed by atoms with van der Waals surface area (Å²) in [5.74, 6) is -0.201. The van der Waals surface area contributed by atoms with E-state index in [0.717, 1.165) is 32.5 Å². The molecule has 6 unspecified atom stereocenters. The number of halogens is 1. The first-order valence-corrected chi connectivity index (χ1v) is 8.88. The van der Waals surface area contributed by atoms with Crippen molar-refractivity contribution >= 4 is 5.91 Å². The molecule has 0 bridgehead atoms. The van der Waals surface area contributed by atoms with Crippen molar-refractivity contribution in [3.05, 3.63) is 0 Å². The van der Waals surface area contributed by atoms with E-state index in [4.69, 9.17) is 4.74 Å². The first-order valence-electron chi connectivity index (χ1n) is 8.88. The highest BCUT2D eigenvalue weighted by Crippen LogP contribution is 2.37. The zero-order chi connectivity index (χ0) is 16.0. The van der Waals surface area contributed by atoms with E-state index in [0.29, 0.717) is 19.4 Å². The van der Waals surface area contributed by atoms with Gasteiger partial charge in [-0.2, -0.15) is 0 Å². The van der Waals surface area contributed by atoms with E-state index in [1.807, 2.05) is 0 Å². The largest absolute Gasteiger partial charge is 0.380 e. The molecule has 1 amide bonds. The number of piperidine rings is 1. The number of carbonyl (C=O) groups excluding carboxylic acids is 1. The van der Waals surface area contributed by atoms with Crippen LogP contribution in [0.15, 0.2) is 0 Å². The minimum atomic E-state index is -0.883. The Bertz CT molecular complexity index is 465. The van der Waals surface area contributed by atoms with E-state index in [-0.39, 0.29) is 36.3 Å². The summed E-state index contributed by atoms with van der Waals surface area (Å²) in [5, 5.41) is 6.61. The van der Waals surface area contributed by atoms with Crippen LogP contribution in [-0.2, 0) is 9.53 Å². The molecule has 4 aliphatic rings. The van der Waals surface area contributed by atoms with Gasteiger partial charge in [0.2, 0.25) is 5.91 Å². The number of amides is 1. The maximum atomic E-state index is 14.1. The van der Waals surface area contributed by atoms with Crippen LogP contribution in [-0.4, -0.2) is 79.6 Å². The number of methoxy groups -OCH3 is 1. The normalized spacial score (nSPS) is 45.4. The summed E-state index contributed by atoms with van der Waals surface area (Å²) in [6.45, 7) is 3.40. The first kappa shape index (κ1) is 15.7. The minimum absolute atomic E-state index is 0.0284. The van der Waals surface area contributed by atoms with Crippen molar-refractivity contribution in [2.75, 3.05) is 33.3 Å². The van der Waals surface area contributed by atoms with Gasteiger partial charge in [-0.1, -0.05) is 0 Å². The molecule has 4 rings (SSSR count). The van der Waals surface area contributed by atoms with Crippen LogP contribution in [0.5, 0.6) is 0 Å². The number of alkyl halides is 1. The summed E-state index contributed by atoms with van der Waals surface area (Å²) >= 11 is 0. The average molecular weight is 326 g/mol. The minimum Gasteiger partial charge on any atom is -0.380 e. The lowest BCUT2D eigenvalue weighted by atomic mass is 9.80. The second kappa shape index (κ2) is 6.27. The molecule has 7 heteroatoms. The van der Waals surface area contributed by atoms with Crippen molar-refractivity contribution < 1.29 is 13.9 Å². The van der Waals surface area contributed by atoms with Crippen LogP contribution >= 0.6 is 0 Å². The Morgan fingerprint density at radius 2 is 2.17 bits per heavy atom. The summed E-state index contributed by atoms with van der Waals surface area (Å²) in [6, 6.07) is 0.193. The van der Waals surface area contributed by atoms with Crippen molar-refractivity contribution in [3.63, 3.8) is 0 Å². The summed E-state index contributed by atoms with van der Waals surface area (Å²) in [4.78, 5) is 17.1. The number of hydrogen-bond acceptors (Lipinski definition) is 5. The van der Waals surface area contributed by atoms with Crippen LogP contribution < -0.4 is 10.6 Å². The van der Waals surface area contributed by atoms with E-state index >= 15 is 0 Å². The third-order valence-electron chi connectivity index (χ3n) is 6.00. The lowest BCUT2D eigenvalue weighted by molar-refractivity contribution is -0.128. The van der Waals surface area contributed by atoms with Crippen LogP contribution in [0.25, 0.3) is 0 Å². The molecule has 3 heterocycles. The highest BCUT2D eigenvalue weighted by Gasteiger charge is 2.53. The predicted octanol–water partition coefficient (Wildman–Crippen LogP) is -0.0989. The summed E-state index contributed by atoms with van der Waals surface area (Å²) in [6.07, 6.45) is 2.58. The third-order valence-corrected chi connectivity index (χ3v) is 6.00. The smallest absolute Gasteiger partial charge is 0.224 e. The number of hydrogen-bond donors (Lipinski definition) is 2. The van der Waals surface area contributed by atoms with Crippen LogP contribution in [0.2, 0.25) is 0 Å². The molecule has 1 aliphatic carbocycles. The molecule has 3 aliphatic heterocycles. The number of likely N-dealkylation sites (tertiary alicyclic amines) is 1. The van der Waals surface area contributed by atoms with Crippen molar-refractivity contribution in [1.82, 2.24) is 20.4 Å². The van der Waals surface area contributed by atoms with Crippen LogP contribution in [0.4, 0.5) is 4.39 Å². The van der Waals surface area contributed by atoms with Gasteiger partial charge < -0.3 is 10.1 Å². The Morgan fingerprint density at radius 3 is 3.00 bits per heavy atom. The second-order valence-corrected chi connectivity index (χ2v) is 7.34. The van der Waals surface area contributed by atoms with Gasteiger partial charge in [0.1, 0.15) is 12.5 Å². The fraction of sp³-hybridized carbons (Fsp3) is 0.938. The Balaban J connectivity index is 1.57. The van der Waals surface area contributed by atoms with Gasteiger partial charge in [-0.15, -0.1) is 0 Å². The predicted molar refractivity (Wildman–Crippen MR) is 83.4 cm³/mol. The third kappa shape index (κ3) is 2.77. The highest BCUT2D eigenvalue weighted by atomic mass is 19.1. The summed E-state index contributed by atoms with van der Waals surface area (Å²) in [5.41, 5.74) is 0. The molecule has 2 N–H and O–H groups in total. The van der Waals surface area contributed by atoms with E-state index < -0.39 is 6.17 Å². The first-order chi connectivity index (χ1) is 11.2. The zero-order valence-electron chi connectivity index (χ0n) is 13.7. The quantitative estimate of drug-likeness (QED) is 0.742. The standard InChI is InChI=1S/C16H27FN4O2/c1-23-11-3-2-5-20(9-11)16-19-13-8-10(17)7-12-14(13)21(16)6-4-18-15(12)22/h10-14,16,19H,2-9H2,1H3,(H,18,22). The van der Waals surface area contributed by atoms with Gasteiger partial charge in [-0.3, -0.25) is 19.9 Å². The van der Waals surface area contributed by atoms with Gasteiger partial charge in [-0.25, -0.2) is 4.39 Å². The molecule has 0 aromatic heterocycles. The van der Waals surface area contributed by atoms with E-state index in [1.165, 1.54) is 0 Å². The molecule has 4 fully saturated rings. The fourth-order valence-electron chi connectivity index (χ4n) is 4.95. The lowest BCUT2D eigenvalue weighted by Gasteiger charge is -2.41. The Morgan fingerprint density at radius 1 is 1.30 bits per heavy atom. The van der Waals surface area contributed by atoms with Gasteiger partial charge in [0.15, 0.2) is 0 Å². The molecule has 1 saturated carbocycles. The lowest BCUT2D eigenvalue weighted by Crippen LogP contribution is -2.56. The van der Waals surface area contributed by atoms with Crippen LogP contribution in [0.1, 0.15) is 25.7 Å². The average Bonchev–Trinajstić information content (AvgIpc) is 2.83. The topological polar surface area (TPSA) is 56.8 Å². The number of rotatable bonds is 2. The van der Waals surface area contributed by atoms with E-state index in [9.17, 15) is 9.18 Å². The number of ether oxygens (including phenoxy) is 1. The Kier molecular flexibility index (Phi) is 4.30. The maximum absolute atomic E-state index is 14.1. The number of nitrogens with zero attached hydrogens (tertiary/aromatic N) is 2. The van der Waals surface area contributed by atoms with Crippen molar-refractivity contribution in [3.8, 4) is 0 Å². The second-order valence-electron chi connectivity index (χ2n) is 7.34. The molecule has 3 saturated heterocycles. The molecule has 6 atom stereocenters. The maximum Gasteiger partial charge on any atom is 0.224 e. The molecular weight excluding hydrogens is 299 g/mol. The molecule has 0 aromatic rings. The van der Waals surface area contributed by atoms with E-state index in [2.05, 4.69) is 20.4 Å². The molecule has 130 valence electrons. The Labute approximate surface area is 136 Å². The highest BCUT2D eigenvalue weighted by molar-refractivity contribution is 5.80. The fourth-order valence-corrected chi connectivity index (χ4v) is 4.95. The monoisotopic (exact) mass is 326 g/mol. The van der Waals surface area contributed by atoms with Crippen molar-refractivity contribution in [1.29, 1.82) is 0 Å². The SMILES string of the molecule is COC1CCCN(C2NC3CC(F)CC4C(=O)NCCN2C34)C1. The van der Waals surface area contributed by atoms with Gasteiger partial charge in [0.25, 0.3) is 0 Å². The molecule has 23 heavy (non-hydrogen) atoms. The molecule has 6 nitrogen and oxygen atoms in total. The van der Waals surface area contributed by atoms with Crippen LogP contribution in [0.3, 0.4) is 0 Å². The Hall–Kier alpha value is -0.760. The summed E-state index contributed by atoms with van der Waals surface area (Å²) < 4.78 is 19.7. The van der Waals surface area contributed by atoms with Gasteiger partial charge in [0.05, 0.1) is 12.0 Å². The van der Waals surface area contributed by atoms with Gasteiger partial charge in [0, 0.05) is 45.4 Å². The van der Waals surface area contributed by atoms with Gasteiger partial charge >= 0.3 is 0 Å². The molecule has 0 aromatic carbocycles. The summed E-state index contributed by atoms with van der Waals surface area (Å²) in [7, 11) is 1.77. The zero-order valence-corrected chi connectivity index (χ0v) is 13.7. The van der Waals surface area contributed by atoms with Gasteiger partial charge in [-0.05, 0) is 25.7 Å². The van der Waals surface area contributed by atoms with Crippen molar-refractivity contribution in [2.45, 2.75) is 56.3 Å². The van der Waals surface area contributed by atoms with Crippen molar-refractivity contribution in [2.24, 2.45) is 5.92 Å². The molecule has 0 spiro atoms. The molecular formula is C16H27FN4O2. The number of carbonyl (C=O) groups is 1. The molecule has 0 radical (unpaired) electrons. The van der Waals surface area contributed by atoms with Crippen LogP contribution in [0, 0.1) is 5.92 Å². The van der Waals surface area contributed by atoms with E-state index in [1.54, 1.807) is 7.11 Å².